The molecule has 4 aromatic rings. The van der Waals surface area contributed by atoms with Crippen molar-refractivity contribution < 1.29 is 23.1 Å². The second-order valence-corrected chi connectivity index (χ2v) is 12.4. The van der Waals surface area contributed by atoms with E-state index in [-0.39, 0.29) is 11.8 Å². The van der Waals surface area contributed by atoms with Gasteiger partial charge in [0.25, 0.3) is 0 Å². The Bertz CT molecular complexity index is 1330. The van der Waals surface area contributed by atoms with Crippen molar-refractivity contribution in [1.82, 2.24) is 0 Å². The highest BCUT2D eigenvalue weighted by atomic mass is 31.1. The molecule has 6 heteroatoms. The highest BCUT2D eigenvalue weighted by Gasteiger charge is 2.38. The Morgan fingerprint density at radius 1 is 0.571 bits per heavy atom. The Balaban J connectivity index is 1.02. The number of hydrogen-bond acceptors (Lipinski definition) is 5. The predicted molar refractivity (Wildman–Crippen MR) is 165 cm³/mol. The van der Waals surface area contributed by atoms with Crippen LogP contribution in [0.25, 0.3) is 0 Å². The van der Waals surface area contributed by atoms with E-state index >= 15 is 0 Å². The summed E-state index contributed by atoms with van der Waals surface area (Å²) in [5, 5.41) is 0. The minimum Gasteiger partial charge on any atom is -0.489 e. The van der Waals surface area contributed by atoms with Crippen molar-refractivity contribution in [2.24, 2.45) is 11.8 Å². The van der Waals surface area contributed by atoms with E-state index < -0.39 is 8.25 Å². The smallest absolute Gasteiger partial charge is 0.489 e. The molecule has 0 heterocycles. The molecule has 2 atom stereocenters. The van der Waals surface area contributed by atoms with Crippen LogP contribution >= 0.6 is 8.25 Å². The van der Waals surface area contributed by atoms with E-state index in [1.54, 1.807) is 0 Å². The van der Waals surface area contributed by atoms with Crippen LogP contribution in [0, 0.1) is 11.8 Å². The van der Waals surface area contributed by atoms with Gasteiger partial charge >= 0.3 is 8.25 Å². The molecule has 0 spiro atoms. The van der Waals surface area contributed by atoms with Crippen LogP contribution in [0.3, 0.4) is 0 Å². The molecule has 5 nitrogen and oxygen atoms in total. The summed E-state index contributed by atoms with van der Waals surface area (Å²) in [4.78, 5) is 0. The van der Waals surface area contributed by atoms with E-state index in [0.29, 0.717) is 38.3 Å². The topological polar surface area (TPSA) is 54.0 Å². The molecule has 216 valence electrons. The van der Waals surface area contributed by atoms with Gasteiger partial charge in [-0.1, -0.05) is 84.9 Å². The van der Waals surface area contributed by atoms with Crippen LogP contribution in [-0.4, -0.2) is 13.2 Å². The second-order valence-electron chi connectivity index (χ2n) is 11.4. The van der Waals surface area contributed by atoms with Gasteiger partial charge in [-0.05, 0) is 84.0 Å². The van der Waals surface area contributed by atoms with Crippen LogP contribution in [-0.2, 0) is 26.8 Å². The van der Waals surface area contributed by atoms with E-state index in [2.05, 4.69) is 48.5 Å². The van der Waals surface area contributed by atoms with Gasteiger partial charge in [0.15, 0.2) is 0 Å². The first kappa shape index (κ1) is 28.6. The SMILES string of the molecule is O=[P+](OCC(c1cccc(OCc2ccccc2)c1)C1CC1)OCC(c1cccc(OCc2ccccc2)c1)C1CC1. The Labute approximate surface area is 249 Å². The summed E-state index contributed by atoms with van der Waals surface area (Å²) in [6.07, 6.45) is 4.64. The fraction of sp³-hybridized carbons (Fsp3) is 0.333. The monoisotopic (exact) mass is 581 g/mol. The lowest BCUT2D eigenvalue weighted by molar-refractivity contribution is 0.196. The van der Waals surface area contributed by atoms with Gasteiger partial charge in [0, 0.05) is 16.4 Å². The van der Waals surface area contributed by atoms with Gasteiger partial charge in [-0.25, -0.2) is 0 Å². The zero-order valence-electron chi connectivity index (χ0n) is 23.8. The molecule has 0 saturated heterocycles. The van der Waals surface area contributed by atoms with Gasteiger partial charge < -0.3 is 9.47 Å². The fourth-order valence-electron chi connectivity index (χ4n) is 5.48. The van der Waals surface area contributed by atoms with Crippen LogP contribution in [0.5, 0.6) is 11.5 Å². The van der Waals surface area contributed by atoms with Crippen molar-refractivity contribution in [3.05, 3.63) is 131 Å². The third kappa shape index (κ3) is 8.29. The summed E-state index contributed by atoms with van der Waals surface area (Å²) in [7, 11) is -2.22. The highest BCUT2D eigenvalue weighted by molar-refractivity contribution is 7.33. The standard InChI is InChI=1S/C36H38O5P/c37-42(40-25-35(29-17-18-29)31-13-7-15-33(21-31)38-23-27-9-3-1-4-10-27)41-26-36(30-19-20-30)32-14-8-16-34(22-32)39-24-28-11-5-2-6-12-28/h1-16,21-22,29-30,35-36H,17-20,23-26H2/q+1. The maximum atomic E-state index is 12.9. The predicted octanol–water partition coefficient (Wildman–Crippen LogP) is 9.22. The van der Waals surface area contributed by atoms with Gasteiger partial charge in [-0.3, -0.25) is 0 Å². The first-order valence-electron chi connectivity index (χ1n) is 15.0. The maximum absolute atomic E-state index is 12.9. The third-order valence-electron chi connectivity index (χ3n) is 8.17. The molecule has 0 aliphatic heterocycles. The van der Waals surface area contributed by atoms with Crippen molar-refractivity contribution in [3.8, 4) is 11.5 Å². The largest absolute Gasteiger partial charge is 0.697 e. The van der Waals surface area contributed by atoms with E-state index in [1.807, 2.05) is 60.7 Å². The molecule has 42 heavy (non-hydrogen) atoms. The van der Waals surface area contributed by atoms with Crippen molar-refractivity contribution in [2.45, 2.75) is 50.7 Å². The average Bonchev–Trinajstić information content (AvgIpc) is 3.97. The summed E-state index contributed by atoms with van der Waals surface area (Å²) < 4.78 is 36.7. The van der Waals surface area contributed by atoms with E-state index in [1.165, 1.54) is 0 Å². The first-order valence-corrected chi connectivity index (χ1v) is 16.1. The molecule has 2 fully saturated rings. The molecule has 2 aliphatic rings. The third-order valence-corrected chi connectivity index (χ3v) is 8.89. The normalized spacial score (nSPS) is 16.4. The molecule has 2 aliphatic carbocycles. The van der Waals surface area contributed by atoms with Crippen molar-refractivity contribution in [3.63, 3.8) is 0 Å². The van der Waals surface area contributed by atoms with Gasteiger partial charge in [0.2, 0.25) is 0 Å². The minimum absolute atomic E-state index is 0.172. The van der Waals surface area contributed by atoms with Crippen molar-refractivity contribution in [2.75, 3.05) is 13.2 Å². The van der Waals surface area contributed by atoms with Crippen LogP contribution in [0.15, 0.2) is 109 Å². The molecular weight excluding hydrogens is 543 g/mol. The zero-order valence-corrected chi connectivity index (χ0v) is 24.7. The van der Waals surface area contributed by atoms with Crippen molar-refractivity contribution in [1.29, 1.82) is 0 Å². The number of benzene rings is 4. The van der Waals surface area contributed by atoms with Crippen molar-refractivity contribution >= 4 is 8.25 Å². The Morgan fingerprint density at radius 2 is 1.00 bits per heavy atom. The summed E-state index contributed by atoms with van der Waals surface area (Å²) in [5.74, 6) is 3.09. The van der Waals surface area contributed by atoms with Gasteiger partial charge in [0.05, 0.1) is 0 Å². The minimum atomic E-state index is -2.22. The molecule has 4 aromatic carbocycles. The van der Waals surface area contributed by atoms with Gasteiger partial charge in [-0.15, -0.1) is 9.05 Å². The maximum Gasteiger partial charge on any atom is 0.697 e. The lowest BCUT2D eigenvalue weighted by Crippen LogP contribution is -2.11. The van der Waals surface area contributed by atoms with Crippen LogP contribution < -0.4 is 9.47 Å². The Morgan fingerprint density at radius 3 is 1.40 bits per heavy atom. The zero-order chi connectivity index (χ0) is 28.6. The summed E-state index contributed by atoms with van der Waals surface area (Å²) >= 11 is 0. The molecule has 0 bridgehead atoms. The number of hydrogen-bond donors (Lipinski definition) is 0. The van der Waals surface area contributed by atoms with E-state index in [4.69, 9.17) is 18.5 Å². The molecule has 6 rings (SSSR count). The average molecular weight is 582 g/mol. The van der Waals surface area contributed by atoms with E-state index in [9.17, 15) is 4.57 Å². The summed E-state index contributed by atoms with van der Waals surface area (Å²) in [6, 6.07) is 36.8. The molecular formula is C36H38O5P+. The van der Waals surface area contributed by atoms with Crippen LogP contribution in [0.1, 0.15) is 59.8 Å². The second kappa shape index (κ2) is 14.1. The summed E-state index contributed by atoms with van der Waals surface area (Å²) in [6.45, 7) is 1.80. The molecule has 0 radical (unpaired) electrons. The lowest BCUT2D eigenvalue weighted by atomic mass is 9.95. The highest BCUT2D eigenvalue weighted by Crippen LogP contribution is 2.47. The number of rotatable bonds is 16. The van der Waals surface area contributed by atoms with Gasteiger partial charge in [0.1, 0.15) is 37.9 Å². The molecule has 0 N–H and O–H groups in total. The van der Waals surface area contributed by atoms with Gasteiger partial charge in [-0.2, -0.15) is 0 Å². The van der Waals surface area contributed by atoms with E-state index in [0.717, 1.165) is 59.4 Å². The molecule has 2 saturated carbocycles. The van der Waals surface area contributed by atoms with Crippen LogP contribution in [0.4, 0.5) is 0 Å². The molecule has 0 aromatic heterocycles. The molecule has 0 amide bonds. The van der Waals surface area contributed by atoms with Crippen LogP contribution in [0.2, 0.25) is 0 Å². The lowest BCUT2D eigenvalue weighted by Gasteiger charge is -2.16. The Kier molecular flexibility index (Phi) is 9.61. The number of ether oxygens (including phenoxy) is 2. The fourth-order valence-corrected chi connectivity index (χ4v) is 6.12. The summed E-state index contributed by atoms with van der Waals surface area (Å²) in [5.41, 5.74) is 4.59. The first-order chi connectivity index (χ1) is 20.7. The molecule has 2 unspecified atom stereocenters. The Hall–Kier alpha value is -3.50. The quantitative estimate of drug-likeness (QED) is 0.124.